The molecule has 0 amide bonds. The summed E-state index contributed by atoms with van der Waals surface area (Å²) < 4.78 is 1.89. The zero-order chi connectivity index (χ0) is 22.8. The number of nitro groups is 1. The highest BCUT2D eigenvalue weighted by molar-refractivity contribution is 5.60. The molecule has 0 atom stereocenters. The molecule has 0 radical (unpaired) electrons. The van der Waals surface area contributed by atoms with Gasteiger partial charge in [-0.15, -0.1) is 0 Å². The number of anilines is 1. The highest BCUT2D eigenvalue weighted by Gasteiger charge is 2.29. The summed E-state index contributed by atoms with van der Waals surface area (Å²) in [5, 5.41) is 20.2. The van der Waals surface area contributed by atoms with Crippen LogP contribution in [0.5, 0.6) is 0 Å². The van der Waals surface area contributed by atoms with Gasteiger partial charge in [0.2, 0.25) is 0 Å². The lowest BCUT2D eigenvalue weighted by Crippen LogP contribution is -2.09. The number of non-ortho nitro benzene ring substituents is 1. The molecule has 5 rings (SSSR count). The molecule has 0 bridgehead atoms. The third-order valence-electron chi connectivity index (χ3n) is 6.33. The molecule has 1 aliphatic rings. The quantitative estimate of drug-likeness (QED) is 0.306. The van der Waals surface area contributed by atoms with Crippen molar-refractivity contribution < 1.29 is 4.92 Å². The first kappa shape index (κ1) is 20.9. The van der Waals surface area contributed by atoms with E-state index in [0.717, 1.165) is 48.6 Å². The van der Waals surface area contributed by atoms with E-state index >= 15 is 0 Å². The Hall–Kier alpha value is -3.93. The maximum Gasteiger partial charge on any atom is 0.271 e. The number of nitrogens with one attached hydrogen (secondary N) is 1. The average molecular weight is 439 g/mol. The van der Waals surface area contributed by atoms with Gasteiger partial charge in [0.05, 0.1) is 22.2 Å². The van der Waals surface area contributed by atoms with Crippen LogP contribution in [-0.4, -0.2) is 21.2 Å². The van der Waals surface area contributed by atoms with Gasteiger partial charge >= 0.3 is 0 Å². The average Bonchev–Trinajstić information content (AvgIpc) is 3.01. The molecule has 166 valence electrons. The van der Waals surface area contributed by atoms with Gasteiger partial charge in [0.25, 0.3) is 5.69 Å². The smallest absolute Gasteiger partial charge is 0.271 e. The van der Waals surface area contributed by atoms with Crippen LogP contribution >= 0.6 is 0 Å². The van der Waals surface area contributed by atoms with Crippen LogP contribution in [0.1, 0.15) is 46.7 Å². The molecule has 6 heteroatoms. The van der Waals surface area contributed by atoms with Gasteiger partial charge in [-0.05, 0) is 42.9 Å². The van der Waals surface area contributed by atoms with Gasteiger partial charge in [0.1, 0.15) is 5.82 Å². The zero-order valence-electron chi connectivity index (χ0n) is 18.6. The van der Waals surface area contributed by atoms with Crippen molar-refractivity contribution in [2.24, 2.45) is 0 Å². The zero-order valence-corrected chi connectivity index (χ0v) is 18.6. The molecular formula is C27H26N4O2. The number of fused-ring (bicyclic) bond motifs is 1. The van der Waals surface area contributed by atoms with Crippen molar-refractivity contribution >= 4 is 11.5 Å². The predicted octanol–water partition coefficient (Wildman–Crippen LogP) is 6.02. The molecule has 4 aromatic rings. The second-order valence-corrected chi connectivity index (χ2v) is 8.49. The van der Waals surface area contributed by atoms with E-state index in [9.17, 15) is 10.1 Å². The Kier molecular flexibility index (Phi) is 5.65. The molecule has 1 N–H and O–H groups in total. The van der Waals surface area contributed by atoms with Crippen molar-refractivity contribution in [1.29, 1.82) is 0 Å². The minimum absolute atomic E-state index is 0.0266. The number of nitro benzene ring substituents is 1. The predicted molar refractivity (Wildman–Crippen MR) is 130 cm³/mol. The standard InChI is InChI=1S/C27H26N4O2/c1-19-15-16-22(31(32)33)18-24(19)30-27-23(14-8-9-17-28-27)26(29-30)25(20-10-4-2-5-11-20)21-12-6-3-7-13-21/h2-7,10-13,15-16,18,25,28H,8-9,14,17H2,1H3. The van der Waals surface area contributed by atoms with Gasteiger partial charge in [-0.3, -0.25) is 10.1 Å². The lowest BCUT2D eigenvalue weighted by Gasteiger charge is -2.18. The normalized spacial score (nSPS) is 13.3. The van der Waals surface area contributed by atoms with Crippen molar-refractivity contribution in [1.82, 2.24) is 9.78 Å². The van der Waals surface area contributed by atoms with Gasteiger partial charge in [0, 0.05) is 24.2 Å². The molecule has 1 aromatic heterocycles. The summed E-state index contributed by atoms with van der Waals surface area (Å²) in [4.78, 5) is 11.1. The van der Waals surface area contributed by atoms with Crippen molar-refractivity contribution in [3.8, 4) is 5.69 Å². The fourth-order valence-corrected chi connectivity index (χ4v) is 4.67. The summed E-state index contributed by atoms with van der Waals surface area (Å²) in [5.74, 6) is 0.921. The molecule has 1 aliphatic heterocycles. The molecule has 0 aliphatic carbocycles. The highest BCUT2D eigenvalue weighted by atomic mass is 16.6. The van der Waals surface area contributed by atoms with Gasteiger partial charge in [0.15, 0.2) is 0 Å². The lowest BCUT2D eigenvalue weighted by molar-refractivity contribution is -0.384. The number of hydrogen-bond acceptors (Lipinski definition) is 4. The SMILES string of the molecule is Cc1ccc([N+](=O)[O-])cc1-n1nc(C(c2ccccc2)c2ccccc2)c2c1NCCCC2. The summed E-state index contributed by atoms with van der Waals surface area (Å²) in [7, 11) is 0. The number of hydrogen-bond donors (Lipinski definition) is 1. The Morgan fingerprint density at radius 2 is 1.64 bits per heavy atom. The molecule has 0 fully saturated rings. The van der Waals surface area contributed by atoms with Crippen molar-refractivity contribution in [2.75, 3.05) is 11.9 Å². The van der Waals surface area contributed by atoms with Gasteiger partial charge in [-0.25, -0.2) is 4.68 Å². The highest BCUT2D eigenvalue weighted by Crippen LogP contribution is 2.39. The minimum atomic E-state index is -0.351. The van der Waals surface area contributed by atoms with Gasteiger partial charge in [-0.2, -0.15) is 5.10 Å². The molecular weight excluding hydrogens is 412 g/mol. The Morgan fingerprint density at radius 1 is 0.970 bits per heavy atom. The number of aryl methyl sites for hydroxylation is 1. The number of rotatable bonds is 5. The fourth-order valence-electron chi connectivity index (χ4n) is 4.67. The van der Waals surface area contributed by atoms with E-state index in [4.69, 9.17) is 5.10 Å². The maximum atomic E-state index is 11.5. The first-order chi connectivity index (χ1) is 16.1. The van der Waals surface area contributed by atoms with Crippen molar-refractivity contribution in [3.05, 3.63) is 117 Å². The van der Waals surface area contributed by atoms with E-state index in [0.29, 0.717) is 0 Å². The monoisotopic (exact) mass is 438 g/mol. The summed E-state index contributed by atoms with van der Waals surface area (Å²) in [5.41, 5.74) is 6.30. The Morgan fingerprint density at radius 3 is 2.27 bits per heavy atom. The van der Waals surface area contributed by atoms with Crippen molar-refractivity contribution in [3.63, 3.8) is 0 Å². The van der Waals surface area contributed by atoms with E-state index < -0.39 is 0 Å². The third kappa shape index (κ3) is 4.00. The van der Waals surface area contributed by atoms with Crippen LogP contribution in [0.4, 0.5) is 11.5 Å². The summed E-state index contributed by atoms with van der Waals surface area (Å²) >= 11 is 0. The molecule has 0 spiro atoms. The van der Waals surface area contributed by atoms with Crippen LogP contribution in [0.2, 0.25) is 0 Å². The number of aromatic nitrogens is 2. The summed E-state index contributed by atoms with van der Waals surface area (Å²) in [6, 6.07) is 25.8. The topological polar surface area (TPSA) is 73.0 Å². The maximum absolute atomic E-state index is 11.5. The first-order valence-electron chi connectivity index (χ1n) is 11.3. The molecule has 6 nitrogen and oxygen atoms in total. The largest absolute Gasteiger partial charge is 0.370 e. The lowest BCUT2D eigenvalue weighted by atomic mass is 9.86. The molecule has 0 saturated carbocycles. The van der Waals surface area contributed by atoms with E-state index in [1.54, 1.807) is 18.2 Å². The summed E-state index contributed by atoms with van der Waals surface area (Å²) in [6.07, 6.45) is 3.06. The van der Waals surface area contributed by atoms with Crippen LogP contribution in [0, 0.1) is 17.0 Å². The molecule has 3 aromatic carbocycles. The van der Waals surface area contributed by atoms with E-state index in [-0.39, 0.29) is 16.5 Å². The summed E-state index contributed by atoms with van der Waals surface area (Å²) in [6.45, 7) is 2.82. The van der Waals surface area contributed by atoms with E-state index in [1.807, 2.05) is 23.7 Å². The van der Waals surface area contributed by atoms with Crippen LogP contribution in [0.3, 0.4) is 0 Å². The van der Waals surface area contributed by atoms with Crippen LogP contribution in [0.15, 0.2) is 78.9 Å². The number of benzene rings is 3. The molecule has 0 unspecified atom stereocenters. The van der Waals surface area contributed by atoms with Gasteiger partial charge in [-0.1, -0.05) is 66.7 Å². The Labute approximate surface area is 193 Å². The Balaban J connectivity index is 1.76. The van der Waals surface area contributed by atoms with E-state index in [2.05, 4.69) is 53.8 Å². The Bertz CT molecular complexity index is 1240. The fraction of sp³-hybridized carbons (Fsp3) is 0.222. The van der Waals surface area contributed by atoms with Crippen LogP contribution in [-0.2, 0) is 6.42 Å². The van der Waals surface area contributed by atoms with E-state index in [1.165, 1.54) is 16.7 Å². The minimum Gasteiger partial charge on any atom is -0.370 e. The first-order valence-corrected chi connectivity index (χ1v) is 11.3. The van der Waals surface area contributed by atoms with Gasteiger partial charge < -0.3 is 5.32 Å². The van der Waals surface area contributed by atoms with Crippen LogP contribution in [0.25, 0.3) is 5.69 Å². The van der Waals surface area contributed by atoms with Crippen molar-refractivity contribution in [2.45, 2.75) is 32.1 Å². The van der Waals surface area contributed by atoms with Crippen LogP contribution < -0.4 is 5.32 Å². The second kappa shape index (κ2) is 8.90. The molecule has 33 heavy (non-hydrogen) atoms. The number of nitrogens with zero attached hydrogens (tertiary/aromatic N) is 3. The second-order valence-electron chi connectivity index (χ2n) is 8.49. The third-order valence-corrected chi connectivity index (χ3v) is 6.33. The molecule has 2 heterocycles. The molecule has 0 saturated heterocycles.